The maximum Gasteiger partial charge on any atom is 0.251 e. The molecule has 0 bridgehead atoms. The molecule has 0 aliphatic heterocycles. The van der Waals surface area contributed by atoms with Crippen LogP contribution >= 0.6 is 11.8 Å². The van der Waals surface area contributed by atoms with Gasteiger partial charge in [0.25, 0.3) is 5.56 Å². The Bertz CT molecular complexity index is 661. The number of halogens is 1. The second-order valence-electron chi connectivity index (χ2n) is 3.99. The Morgan fingerprint density at radius 1 is 1.45 bits per heavy atom. The average Bonchev–Trinajstić information content (AvgIpc) is 2.41. The monoisotopic (exact) mass is 295 g/mol. The number of nitrogens with one attached hydrogen (secondary N) is 2. The van der Waals surface area contributed by atoms with Crippen LogP contribution in [-0.2, 0) is 6.42 Å². The molecule has 0 fully saturated rings. The van der Waals surface area contributed by atoms with Crippen molar-refractivity contribution in [2.75, 3.05) is 12.4 Å². The van der Waals surface area contributed by atoms with Gasteiger partial charge in [0.15, 0.2) is 11.0 Å². The Morgan fingerprint density at radius 2 is 2.25 bits per heavy atom. The van der Waals surface area contributed by atoms with Crippen LogP contribution in [0.1, 0.15) is 19.0 Å². The van der Waals surface area contributed by atoms with Gasteiger partial charge in [-0.25, -0.2) is 19.3 Å². The summed E-state index contributed by atoms with van der Waals surface area (Å²) in [6.07, 6.45) is 2.66. The summed E-state index contributed by atoms with van der Waals surface area (Å²) in [5.74, 6) is -0.251. The molecule has 0 amide bonds. The summed E-state index contributed by atoms with van der Waals surface area (Å²) < 4.78 is 13.6. The summed E-state index contributed by atoms with van der Waals surface area (Å²) in [5, 5.41) is 3.16. The Kier molecular flexibility index (Phi) is 4.67. The summed E-state index contributed by atoms with van der Waals surface area (Å²) in [6.45, 7) is 2.00. The maximum atomic E-state index is 13.6. The lowest BCUT2D eigenvalue weighted by atomic mass is 10.2. The SMILES string of the molecule is CCCc1cc(=O)[nH]c(Sc2nc(NC)ncc2F)n1. The van der Waals surface area contributed by atoms with E-state index in [0.29, 0.717) is 23.2 Å². The number of aryl methyl sites for hydroxylation is 1. The summed E-state index contributed by atoms with van der Waals surface area (Å²) in [7, 11) is 1.64. The smallest absolute Gasteiger partial charge is 0.251 e. The minimum Gasteiger partial charge on any atom is -0.357 e. The summed E-state index contributed by atoms with van der Waals surface area (Å²) >= 11 is 0.965. The van der Waals surface area contributed by atoms with Crippen LogP contribution in [0, 0.1) is 5.82 Å². The van der Waals surface area contributed by atoms with E-state index in [1.54, 1.807) is 7.05 Å². The Hall–Kier alpha value is -1.96. The quantitative estimate of drug-likeness (QED) is 0.647. The minimum absolute atomic E-state index is 0.112. The molecule has 6 nitrogen and oxygen atoms in total. The first-order valence-electron chi connectivity index (χ1n) is 6.10. The normalized spacial score (nSPS) is 10.6. The Balaban J connectivity index is 2.31. The van der Waals surface area contributed by atoms with E-state index in [0.717, 1.165) is 24.4 Å². The Morgan fingerprint density at radius 3 is 2.95 bits per heavy atom. The number of hydrogen-bond acceptors (Lipinski definition) is 6. The van der Waals surface area contributed by atoms with Crippen molar-refractivity contribution in [2.24, 2.45) is 0 Å². The Labute approximate surface area is 119 Å². The molecule has 0 spiro atoms. The highest BCUT2D eigenvalue weighted by Gasteiger charge is 2.11. The number of aromatic nitrogens is 4. The molecule has 20 heavy (non-hydrogen) atoms. The third-order valence-electron chi connectivity index (χ3n) is 2.41. The molecular weight excluding hydrogens is 281 g/mol. The predicted molar refractivity (Wildman–Crippen MR) is 74.5 cm³/mol. The fraction of sp³-hybridized carbons (Fsp3) is 0.333. The van der Waals surface area contributed by atoms with Gasteiger partial charge in [-0.15, -0.1) is 0 Å². The van der Waals surface area contributed by atoms with Gasteiger partial charge in [0, 0.05) is 18.8 Å². The zero-order chi connectivity index (χ0) is 14.5. The van der Waals surface area contributed by atoms with E-state index in [4.69, 9.17) is 0 Å². The lowest BCUT2D eigenvalue weighted by Gasteiger charge is -2.05. The summed E-state index contributed by atoms with van der Waals surface area (Å²) in [5.41, 5.74) is 0.427. The standard InChI is InChI=1S/C12H14FN5OS/c1-3-4-7-5-9(19)17-12(16-7)20-10-8(13)6-15-11(14-2)18-10/h5-6H,3-4H2,1-2H3,(H,14,15,18)(H,16,17,19). The van der Waals surface area contributed by atoms with Crippen LogP contribution in [-0.4, -0.2) is 27.0 Å². The van der Waals surface area contributed by atoms with Crippen LogP contribution in [0.2, 0.25) is 0 Å². The van der Waals surface area contributed by atoms with Gasteiger partial charge in [0.2, 0.25) is 5.95 Å². The summed E-state index contributed by atoms with van der Waals surface area (Å²) in [6, 6.07) is 1.45. The van der Waals surface area contributed by atoms with Gasteiger partial charge in [-0.2, -0.15) is 0 Å². The molecule has 0 aromatic carbocycles. The van der Waals surface area contributed by atoms with Crippen molar-refractivity contribution in [1.29, 1.82) is 0 Å². The molecule has 2 N–H and O–H groups in total. The lowest BCUT2D eigenvalue weighted by Crippen LogP contribution is -2.10. The van der Waals surface area contributed by atoms with E-state index in [9.17, 15) is 9.18 Å². The van der Waals surface area contributed by atoms with Crippen molar-refractivity contribution in [1.82, 2.24) is 19.9 Å². The van der Waals surface area contributed by atoms with Crippen LogP contribution in [0.15, 0.2) is 27.2 Å². The van der Waals surface area contributed by atoms with E-state index in [2.05, 4.69) is 25.3 Å². The van der Waals surface area contributed by atoms with Gasteiger partial charge in [0.05, 0.1) is 6.20 Å². The first-order valence-corrected chi connectivity index (χ1v) is 6.92. The number of H-pyrrole nitrogens is 1. The van der Waals surface area contributed by atoms with E-state index in [1.807, 2.05) is 6.92 Å². The van der Waals surface area contributed by atoms with Crippen LogP contribution in [0.3, 0.4) is 0 Å². The fourth-order valence-corrected chi connectivity index (χ4v) is 2.33. The van der Waals surface area contributed by atoms with E-state index in [1.165, 1.54) is 6.07 Å². The van der Waals surface area contributed by atoms with E-state index < -0.39 is 5.82 Å². The number of hydrogen-bond donors (Lipinski definition) is 2. The molecule has 8 heteroatoms. The molecule has 0 atom stereocenters. The molecule has 0 saturated heterocycles. The zero-order valence-electron chi connectivity index (χ0n) is 11.1. The number of rotatable bonds is 5. The van der Waals surface area contributed by atoms with Crippen molar-refractivity contribution in [3.63, 3.8) is 0 Å². The van der Waals surface area contributed by atoms with Gasteiger partial charge in [0.1, 0.15) is 5.03 Å². The van der Waals surface area contributed by atoms with Gasteiger partial charge < -0.3 is 10.3 Å². The van der Waals surface area contributed by atoms with Crippen LogP contribution in [0.25, 0.3) is 0 Å². The molecule has 106 valence electrons. The van der Waals surface area contributed by atoms with Crippen molar-refractivity contribution in [3.8, 4) is 0 Å². The van der Waals surface area contributed by atoms with Crippen LogP contribution in [0.4, 0.5) is 10.3 Å². The predicted octanol–water partition coefficient (Wildman–Crippen LogP) is 1.84. The van der Waals surface area contributed by atoms with Gasteiger partial charge in [-0.05, 0) is 18.2 Å². The van der Waals surface area contributed by atoms with Crippen molar-refractivity contribution >= 4 is 17.7 Å². The molecule has 0 aliphatic rings. The highest BCUT2D eigenvalue weighted by molar-refractivity contribution is 7.99. The third kappa shape index (κ3) is 3.53. The first-order chi connectivity index (χ1) is 9.62. The van der Waals surface area contributed by atoms with Gasteiger partial charge >= 0.3 is 0 Å². The van der Waals surface area contributed by atoms with Crippen LogP contribution in [0.5, 0.6) is 0 Å². The molecule has 2 rings (SSSR count). The van der Waals surface area contributed by atoms with Gasteiger partial charge in [-0.3, -0.25) is 4.79 Å². The van der Waals surface area contributed by atoms with Crippen molar-refractivity contribution in [3.05, 3.63) is 34.1 Å². The fourth-order valence-electron chi connectivity index (χ4n) is 1.55. The summed E-state index contributed by atoms with van der Waals surface area (Å²) in [4.78, 5) is 26.1. The lowest BCUT2D eigenvalue weighted by molar-refractivity contribution is 0.579. The number of anilines is 1. The molecule has 2 heterocycles. The largest absolute Gasteiger partial charge is 0.357 e. The second kappa shape index (κ2) is 6.47. The molecule has 2 aromatic heterocycles. The van der Waals surface area contributed by atoms with Crippen LogP contribution < -0.4 is 10.9 Å². The van der Waals surface area contributed by atoms with Gasteiger partial charge in [-0.1, -0.05) is 13.3 Å². The maximum absolute atomic E-state index is 13.6. The van der Waals surface area contributed by atoms with E-state index >= 15 is 0 Å². The number of nitrogens with zero attached hydrogens (tertiary/aromatic N) is 3. The topological polar surface area (TPSA) is 83.6 Å². The molecule has 0 saturated carbocycles. The minimum atomic E-state index is -0.558. The zero-order valence-corrected chi connectivity index (χ0v) is 11.9. The molecule has 0 radical (unpaired) electrons. The highest BCUT2D eigenvalue weighted by Crippen LogP contribution is 2.25. The van der Waals surface area contributed by atoms with Crippen molar-refractivity contribution in [2.45, 2.75) is 29.9 Å². The number of aromatic amines is 1. The molecule has 0 aliphatic carbocycles. The van der Waals surface area contributed by atoms with E-state index in [-0.39, 0.29) is 10.6 Å². The third-order valence-corrected chi connectivity index (χ3v) is 3.27. The average molecular weight is 295 g/mol. The molecular formula is C12H14FN5OS. The molecule has 0 unspecified atom stereocenters. The molecule has 2 aromatic rings. The highest BCUT2D eigenvalue weighted by atomic mass is 32.2. The first kappa shape index (κ1) is 14.4. The second-order valence-corrected chi connectivity index (χ2v) is 4.97. The van der Waals surface area contributed by atoms with Crippen molar-refractivity contribution < 1.29 is 4.39 Å².